The molecule has 7 nitrogen and oxygen atoms in total. The number of hydrogen-bond donors (Lipinski definition) is 3. The van der Waals surface area contributed by atoms with E-state index in [1.54, 1.807) is 0 Å². The van der Waals surface area contributed by atoms with Crippen LogP contribution in [0.1, 0.15) is 181 Å². The third-order valence-corrected chi connectivity index (χ3v) is 8.41. The van der Waals surface area contributed by atoms with Crippen molar-refractivity contribution in [1.29, 1.82) is 0 Å². The highest BCUT2D eigenvalue weighted by atomic mass is 16.5. The minimum Gasteiger partial charge on any atom is -0.480 e. The first-order valence-electron chi connectivity index (χ1n) is 19.3. The van der Waals surface area contributed by atoms with Crippen molar-refractivity contribution in [3.63, 3.8) is 0 Å². The van der Waals surface area contributed by atoms with E-state index in [1.807, 2.05) is 0 Å². The molecule has 0 heterocycles. The molecule has 0 aromatic rings. The van der Waals surface area contributed by atoms with Crippen molar-refractivity contribution in [3.05, 3.63) is 36.5 Å². The van der Waals surface area contributed by atoms with E-state index in [1.165, 1.54) is 70.6 Å². The van der Waals surface area contributed by atoms with E-state index in [9.17, 15) is 19.5 Å². The molecule has 7 heteroatoms. The lowest BCUT2D eigenvalue weighted by atomic mass is 10.1. The topological polar surface area (TPSA) is 119 Å². The molecule has 2 unspecified atom stereocenters. The van der Waals surface area contributed by atoms with E-state index in [2.05, 4.69) is 55.6 Å². The predicted molar refractivity (Wildman–Crippen MR) is 197 cm³/mol. The van der Waals surface area contributed by atoms with Crippen molar-refractivity contribution in [3.8, 4) is 0 Å². The van der Waals surface area contributed by atoms with Gasteiger partial charge in [-0.25, -0.2) is 4.79 Å². The van der Waals surface area contributed by atoms with Gasteiger partial charge in [-0.3, -0.25) is 9.59 Å². The minimum atomic E-state index is -1.02. The molecule has 0 aliphatic heterocycles. The van der Waals surface area contributed by atoms with Crippen LogP contribution in [0.15, 0.2) is 36.5 Å². The summed E-state index contributed by atoms with van der Waals surface area (Å²) < 4.78 is 5.89. The number of rotatable bonds is 34. The first kappa shape index (κ1) is 44.6. The second-order valence-electron chi connectivity index (χ2n) is 13.0. The molecule has 0 saturated carbocycles. The van der Waals surface area contributed by atoms with Gasteiger partial charge in [0, 0.05) is 12.8 Å². The van der Waals surface area contributed by atoms with Gasteiger partial charge in [0.25, 0.3) is 0 Å². The largest absolute Gasteiger partial charge is 0.480 e. The summed E-state index contributed by atoms with van der Waals surface area (Å²) in [5, 5.41) is 11.9. The fraction of sp³-hybridized carbons (Fsp3) is 0.775. The summed E-state index contributed by atoms with van der Waals surface area (Å²) in [6.45, 7) is 4.87. The summed E-state index contributed by atoms with van der Waals surface area (Å²) >= 11 is 0. The third kappa shape index (κ3) is 31.9. The number of nitrogens with one attached hydrogen (secondary N) is 1. The highest BCUT2D eigenvalue weighted by molar-refractivity contribution is 5.83. The normalized spacial score (nSPS) is 13.1. The molecule has 0 saturated heterocycles. The zero-order chi connectivity index (χ0) is 34.6. The third-order valence-electron chi connectivity index (χ3n) is 8.41. The molecule has 0 aromatic carbocycles. The molecule has 0 aliphatic carbocycles. The van der Waals surface area contributed by atoms with E-state index in [4.69, 9.17) is 10.5 Å². The number of unbranched alkanes of at least 4 members (excludes halogenated alkanes) is 16. The van der Waals surface area contributed by atoms with E-state index in [-0.39, 0.29) is 18.0 Å². The first-order valence-corrected chi connectivity index (χ1v) is 19.3. The molecular formula is C40H72N2O5. The molecule has 0 aliphatic rings. The number of carboxylic acid groups (broad SMARTS) is 1. The number of amides is 1. The van der Waals surface area contributed by atoms with Crippen LogP contribution in [-0.4, -0.2) is 41.6 Å². The van der Waals surface area contributed by atoms with E-state index in [0.717, 1.165) is 64.2 Å². The summed E-state index contributed by atoms with van der Waals surface area (Å²) in [6.07, 6.45) is 39.1. The summed E-state index contributed by atoms with van der Waals surface area (Å²) in [5.41, 5.74) is 5.47. The zero-order valence-corrected chi connectivity index (χ0v) is 30.4. The first-order chi connectivity index (χ1) is 22.9. The molecule has 1 amide bonds. The molecule has 0 fully saturated rings. The van der Waals surface area contributed by atoms with Crippen molar-refractivity contribution in [2.45, 2.75) is 193 Å². The van der Waals surface area contributed by atoms with Crippen LogP contribution in [-0.2, 0) is 19.1 Å². The Morgan fingerprint density at radius 2 is 1.17 bits per heavy atom. The van der Waals surface area contributed by atoms with Crippen molar-refractivity contribution in [1.82, 2.24) is 5.32 Å². The van der Waals surface area contributed by atoms with Crippen LogP contribution < -0.4 is 11.1 Å². The van der Waals surface area contributed by atoms with Crippen molar-refractivity contribution >= 4 is 17.8 Å². The van der Waals surface area contributed by atoms with Crippen molar-refractivity contribution in [2.24, 2.45) is 5.73 Å². The van der Waals surface area contributed by atoms with Crippen molar-refractivity contribution in [2.75, 3.05) is 6.54 Å². The smallest absolute Gasteiger partial charge is 0.326 e. The van der Waals surface area contributed by atoms with E-state index in [0.29, 0.717) is 38.6 Å². The fourth-order valence-corrected chi connectivity index (χ4v) is 5.45. The molecule has 0 radical (unpaired) electrons. The molecule has 0 spiro atoms. The molecule has 0 aromatic heterocycles. The van der Waals surface area contributed by atoms with Crippen molar-refractivity contribution < 1.29 is 24.2 Å². The van der Waals surface area contributed by atoms with Gasteiger partial charge in [-0.15, -0.1) is 0 Å². The molecule has 0 rings (SSSR count). The predicted octanol–water partition coefficient (Wildman–Crippen LogP) is 10.3. The summed E-state index contributed by atoms with van der Waals surface area (Å²) in [7, 11) is 0. The Hall–Kier alpha value is -2.41. The number of ether oxygens (including phenoxy) is 1. The van der Waals surface area contributed by atoms with Crippen LogP contribution in [0.4, 0.5) is 0 Å². The second-order valence-corrected chi connectivity index (χ2v) is 13.0. The Morgan fingerprint density at radius 1 is 0.638 bits per heavy atom. The molecule has 272 valence electrons. The highest BCUT2D eigenvalue weighted by Gasteiger charge is 2.19. The van der Waals surface area contributed by atoms with Crippen LogP contribution in [0, 0.1) is 0 Å². The number of carbonyl (C=O) groups is 3. The van der Waals surface area contributed by atoms with Crippen LogP contribution in [0.25, 0.3) is 0 Å². The van der Waals surface area contributed by atoms with Gasteiger partial charge in [0.1, 0.15) is 12.1 Å². The summed E-state index contributed by atoms with van der Waals surface area (Å²) in [5.74, 6) is -1.35. The number of allylic oxidation sites excluding steroid dienone is 5. The number of nitrogens with two attached hydrogens (primary N) is 1. The molecule has 0 bridgehead atoms. The van der Waals surface area contributed by atoms with Gasteiger partial charge in [-0.1, -0.05) is 115 Å². The highest BCUT2D eigenvalue weighted by Crippen LogP contribution is 2.15. The number of carboxylic acids is 1. The van der Waals surface area contributed by atoms with Crippen LogP contribution in [0.3, 0.4) is 0 Å². The maximum atomic E-state index is 12.6. The maximum Gasteiger partial charge on any atom is 0.326 e. The molecule has 47 heavy (non-hydrogen) atoms. The number of aliphatic carboxylic acids is 1. The van der Waals surface area contributed by atoms with Crippen LogP contribution in [0.2, 0.25) is 0 Å². The van der Waals surface area contributed by atoms with Gasteiger partial charge in [0.2, 0.25) is 5.91 Å². The Balaban J connectivity index is 4.30. The van der Waals surface area contributed by atoms with Crippen LogP contribution in [0.5, 0.6) is 0 Å². The standard InChI is InChI=1S/C40H72N2O5/c1-3-5-7-9-11-12-13-14-15-16-17-18-20-22-28-34-39(44)47-36(30-25-21-19-10-8-6-4-2)31-26-23-24-27-33-38(43)42-37(40(45)46)32-29-35-41/h11-12,14-15,25,30,36-37H,3-10,13,16-24,26-29,31-35,41H2,1-2H3,(H,42,43)(H,45,46)/b12-11-,15-14-,30-25-. The average molecular weight is 661 g/mol. The molecular weight excluding hydrogens is 588 g/mol. The van der Waals surface area contributed by atoms with Crippen LogP contribution >= 0.6 is 0 Å². The second kappa shape index (κ2) is 34.9. The summed E-state index contributed by atoms with van der Waals surface area (Å²) in [6, 6.07) is -0.871. The van der Waals surface area contributed by atoms with E-state index >= 15 is 0 Å². The molecule has 4 N–H and O–H groups in total. The Kier molecular flexibility index (Phi) is 33.1. The van der Waals surface area contributed by atoms with Gasteiger partial charge in [-0.05, 0) is 96.1 Å². The lowest BCUT2D eigenvalue weighted by molar-refractivity contribution is -0.147. The lowest BCUT2D eigenvalue weighted by Crippen LogP contribution is -2.40. The van der Waals surface area contributed by atoms with Gasteiger partial charge in [0.05, 0.1) is 0 Å². The van der Waals surface area contributed by atoms with Gasteiger partial charge in [0.15, 0.2) is 0 Å². The lowest BCUT2D eigenvalue weighted by Gasteiger charge is -2.15. The Labute approximate surface area is 288 Å². The van der Waals surface area contributed by atoms with E-state index < -0.39 is 12.0 Å². The van der Waals surface area contributed by atoms with Gasteiger partial charge >= 0.3 is 11.9 Å². The average Bonchev–Trinajstić information content (AvgIpc) is 3.05. The summed E-state index contributed by atoms with van der Waals surface area (Å²) in [4.78, 5) is 36.2. The Bertz CT molecular complexity index is 838. The number of carbonyl (C=O) groups excluding carboxylic acids is 2. The van der Waals surface area contributed by atoms with Gasteiger partial charge < -0.3 is 20.9 Å². The number of esters is 1. The SMILES string of the molecule is CCCCC/C=C\C/C=C\CCCCCCCC(=O)OC(/C=C\CCCCCCC)CCCCCCC(=O)NC(CCCN)C(=O)O. The maximum absolute atomic E-state index is 12.6. The molecule has 2 atom stereocenters. The number of hydrogen-bond acceptors (Lipinski definition) is 5. The van der Waals surface area contributed by atoms with Gasteiger partial charge in [-0.2, -0.15) is 0 Å². The fourth-order valence-electron chi connectivity index (χ4n) is 5.45. The minimum absolute atomic E-state index is 0.104. The zero-order valence-electron chi connectivity index (χ0n) is 30.4. The quantitative estimate of drug-likeness (QED) is 0.0359. The Morgan fingerprint density at radius 3 is 1.81 bits per heavy atom. The monoisotopic (exact) mass is 661 g/mol.